The van der Waals surface area contributed by atoms with Gasteiger partial charge in [-0.2, -0.15) is 0 Å². The summed E-state index contributed by atoms with van der Waals surface area (Å²) in [5, 5.41) is 0.600. The van der Waals surface area contributed by atoms with E-state index in [-0.39, 0.29) is 11.7 Å². The largest absolute Gasteiger partial charge is 0.492 e. The third-order valence-electron chi connectivity index (χ3n) is 5.47. The smallest absolute Gasteiger partial charge is 0.285 e. The Labute approximate surface area is 181 Å². The van der Waals surface area contributed by atoms with Gasteiger partial charge in [0.1, 0.15) is 24.3 Å². The summed E-state index contributed by atoms with van der Waals surface area (Å²) < 4.78 is 7.03. The van der Waals surface area contributed by atoms with Gasteiger partial charge in [-0.3, -0.25) is 4.79 Å². The van der Waals surface area contributed by atoms with Crippen LogP contribution in [0.15, 0.2) is 41.2 Å². The van der Waals surface area contributed by atoms with Crippen LogP contribution in [-0.4, -0.2) is 52.9 Å². The molecule has 2 aromatic heterocycles. The Morgan fingerprint density at radius 3 is 2.52 bits per heavy atom. The molecule has 31 heavy (non-hydrogen) atoms. The Bertz CT molecular complexity index is 1090. The van der Waals surface area contributed by atoms with Crippen LogP contribution < -0.4 is 20.9 Å². The first-order valence-electron chi connectivity index (χ1n) is 10.8. The minimum atomic E-state index is -0.258. The summed E-state index contributed by atoms with van der Waals surface area (Å²) in [6.45, 7) is 1.45. The number of hydrogen-bond donors (Lipinski definition) is 1. The SMILES string of the molecule is CN(C)CCOc1ccc(-c2nc(N)c3ccc(=O)n(OC4CCCCC4)c3n2)cc1. The maximum absolute atomic E-state index is 12.6. The summed E-state index contributed by atoms with van der Waals surface area (Å²) in [4.78, 5) is 29.8. The molecule has 0 bridgehead atoms. The maximum atomic E-state index is 12.6. The molecule has 0 atom stereocenters. The van der Waals surface area contributed by atoms with Crippen LogP contribution in [0.3, 0.4) is 0 Å². The molecule has 0 radical (unpaired) electrons. The van der Waals surface area contributed by atoms with Crippen LogP contribution in [0.1, 0.15) is 32.1 Å². The lowest BCUT2D eigenvalue weighted by molar-refractivity contribution is 0.0156. The standard InChI is InChI=1S/C23H29N5O3/c1-27(2)14-15-30-17-10-8-16(9-11-17)22-25-21(24)19-12-13-20(29)28(23(19)26-22)31-18-6-4-3-5-7-18/h8-13,18H,3-7,14-15H2,1-2H3,(H2,24,25,26). The van der Waals surface area contributed by atoms with E-state index >= 15 is 0 Å². The molecule has 0 unspecified atom stereocenters. The van der Waals surface area contributed by atoms with E-state index in [1.165, 1.54) is 17.2 Å². The van der Waals surface area contributed by atoms with Gasteiger partial charge in [0.25, 0.3) is 5.56 Å². The van der Waals surface area contributed by atoms with Crippen molar-refractivity contribution in [2.45, 2.75) is 38.2 Å². The fraction of sp³-hybridized carbons (Fsp3) is 0.435. The zero-order valence-electron chi connectivity index (χ0n) is 18.1. The highest BCUT2D eigenvalue weighted by molar-refractivity contribution is 5.87. The number of hydrogen-bond acceptors (Lipinski definition) is 7. The van der Waals surface area contributed by atoms with Gasteiger partial charge < -0.3 is 20.2 Å². The summed E-state index contributed by atoms with van der Waals surface area (Å²) >= 11 is 0. The topological polar surface area (TPSA) is 95.5 Å². The van der Waals surface area contributed by atoms with Crippen molar-refractivity contribution in [2.24, 2.45) is 0 Å². The number of likely N-dealkylation sites (N-methyl/N-ethyl adjacent to an activating group) is 1. The molecule has 1 aromatic carbocycles. The van der Waals surface area contributed by atoms with E-state index in [1.54, 1.807) is 6.07 Å². The average molecular weight is 424 g/mol. The number of rotatable bonds is 7. The van der Waals surface area contributed by atoms with Crippen LogP contribution in [0.4, 0.5) is 5.82 Å². The fourth-order valence-corrected chi connectivity index (χ4v) is 3.71. The predicted octanol–water partition coefficient (Wildman–Crippen LogP) is 2.74. The molecule has 0 spiro atoms. The van der Waals surface area contributed by atoms with E-state index in [2.05, 4.69) is 14.9 Å². The van der Waals surface area contributed by atoms with E-state index in [0.29, 0.717) is 29.3 Å². The zero-order chi connectivity index (χ0) is 21.8. The molecule has 4 rings (SSSR count). The van der Waals surface area contributed by atoms with Crippen LogP contribution in [0.25, 0.3) is 22.4 Å². The first-order chi connectivity index (χ1) is 15.0. The maximum Gasteiger partial charge on any atom is 0.285 e. The molecular weight excluding hydrogens is 394 g/mol. The van der Waals surface area contributed by atoms with Crippen LogP contribution in [0.5, 0.6) is 5.75 Å². The van der Waals surface area contributed by atoms with E-state index in [9.17, 15) is 4.79 Å². The number of nitrogen functional groups attached to an aromatic ring is 1. The molecule has 1 aliphatic carbocycles. The molecule has 0 amide bonds. The Hall–Kier alpha value is -3.13. The van der Waals surface area contributed by atoms with Crippen molar-refractivity contribution in [3.05, 3.63) is 46.8 Å². The van der Waals surface area contributed by atoms with E-state index < -0.39 is 0 Å². The zero-order valence-corrected chi connectivity index (χ0v) is 18.1. The van der Waals surface area contributed by atoms with Gasteiger partial charge in [0.2, 0.25) is 0 Å². The lowest BCUT2D eigenvalue weighted by Gasteiger charge is -2.23. The van der Waals surface area contributed by atoms with Gasteiger partial charge >= 0.3 is 0 Å². The van der Waals surface area contributed by atoms with Gasteiger partial charge in [0, 0.05) is 18.2 Å². The lowest BCUT2D eigenvalue weighted by atomic mass is 9.98. The molecule has 8 heteroatoms. The second-order valence-electron chi connectivity index (χ2n) is 8.18. The molecule has 1 aliphatic rings. The minimum Gasteiger partial charge on any atom is -0.492 e. The molecule has 0 aliphatic heterocycles. The normalized spacial score (nSPS) is 14.8. The van der Waals surface area contributed by atoms with Crippen molar-refractivity contribution < 1.29 is 9.57 Å². The third kappa shape index (κ3) is 4.96. The van der Waals surface area contributed by atoms with Gasteiger partial charge in [-0.05, 0) is 70.1 Å². The number of nitrogens with two attached hydrogens (primary N) is 1. The number of aromatic nitrogens is 3. The number of anilines is 1. The van der Waals surface area contributed by atoms with Crippen molar-refractivity contribution in [3.63, 3.8) is 0 Å². The Morgan fingerprint density at radius 1 is 1.06 bits per heavy atom. The summed E-state index contributed by atoms with van der Waals surface area (Å²) in [6.07, 6.45) is 5.30. The second-order valence-corrected chi connectivity index (χ2v) is 8.18. The molecule has 164 valence electrons. The molecule has 2 heterocycles. The number of fused-ring (bicyclic) bond motifs is 1. The second kappa shape index (κ2) is 9.34. The van der Waals surface area contributed by atoms with Crippen LogP contribution >= 0.6 is 0 Å². The van der Waals surface area contributed by atoms with Gasteiger partial charge in [0.15, 0.2) is 11.5 Å². The summed E-state index contributed by atoms with van der Waals surface area (Å²) in [5.41, 5.74) is 7.14. The van der Waals surface area contributed by atoms with Crippen LogP contribution in [-0.2, 0) is 0 Å². The van der Waals surface area contributed by atoms with Crippen LogP contribution in [0, 0.1) is 0 Å². The summed E-state index contributed by atoms with van der Waals surface area (Å²) in [7, 11) is 4.01. The molecule has 1 fully saturated rings. The summed E-state index contributed by atoms with van der Waals surface area (Å²) in [6, 6.07) is 10.6. The molecule has 8 nitrogen and oxygen atoms in total. The Balaban J connectivity index is 1.64. The summed E-state index contributed by atoms with van der Waals surface area (Å²) in [5.74, 6) is 1.53. The average Bonchev–Trinajstić information content (AvgIpc) is 2.76. The van der Waals surface area contributed by atoms with E-state index in [1.807, 2.05) is 38.4 Å². The van der Waals surface area contributed by atoms with Crippen molar-refractivity contribution in [3.8, 4) is 17.1 Å². The number of benzene rings is 1. The molecule has 0 saturated heterocycles. The highest BCUT2D eigenvalue weighted by Gasteiger charge is 2.19. The van der Waals surface area contributed by atoms with Crippen LogP contribution in [0.2, 0.25) is 0 Å². The molecular formula is C23H29N5O3. The Kier molecular flexibility index (Phi) is 6.36. The van der Waals surface area contributed by atoms with Crippen molar-refractivity contribution in [1.82, 2.24) is 19.6 Å². The molecule has 1 saturated carbocycles. The monoisotopic (exact) mass is 423 g/mol. The quantitative estimate of drug-likeness (QED) is 0.624. The predicted molar refractivity (Wildman–Crippen MR) is 121 cm³/mol. The number of ether oxygens (including phenoxy) is 1. The first kappa shape index (κ1) is 21.1. The fourth-order valence-electron chi connectivity index (χ4n) is 3.71. The van der Waals surface area contributed by atoms with E-state index in [0.717, 1.165) is 43.5 Å². The molecule has 3 aromatic rings. The lowest BCUT2D eigenvalue weighted by Crippen LogP contribution is -2.35. The van der Waals surface area contributed by atoms with Crippen molar-refractivity contribution in [1.29, 1.82) is 0 Å². The van der Waals surface area contributed by atoms with Gasteiger partial charge in [-0.25, -0.2) is 9.97 Å². The number of pyridine rings is 1. The minimum absolute atomic E-state index is 0.00953. The third-order valence-corrected chi connectivity index (χ3v) is 5.47. The van der Waals surface area contributed by atoms with Gasteiger partial charge in [0.05, 0.1) is 5.39 Å². The highest BCUT2D eigenvalue weighted by atomic mass is 16.7. The van der Waals surface area contributed by atoms with Gasteiger partial charge in [-0.15, -0.1) is 4.73 Å². The van der Waals surface area contributed by atoms with Gasteiger partial charge in [-0.1, -0.05) is 6.42 Å². The van der Waals surface area contributed by atoms with E-state index in [4.69, 9.17) is 15.3 Å². The molecule has 2 N–H and O–H groups in total. The van der Waals surface area contributed by atoms with Crippen molar-refractivity contribution in [2.75, 3.05) is 33.0 Å². The highest BCUT2D eigenvalue weighted by Crippen LogP contribution is 2.25. The number of nitrogens with zero attached hydrogens (tertiary/aromatic N) is 4. The Morgan fingerprint density at radius 2 is 1.81 bits per heavy atom. The first-order valence-corrected chi connectivity index (χ1v) is 10.8. The van der Waals surface area contributed by atoms with Crippen molar-refractivity contribution >= 4 is 16.9 Å².